The van der Waals surface area contributed by atoms with Crippen molar-refractivity contribution in [3.63, 3.8) is 0 Å². The van der Waals surface area contributed by atoms with Gasteiger partial charge in [-0.3, -0.25) is 9.36 Å². The number of carbonyl (C=O) groups is 1. The van der Waals surface area contributed by atoms with Gasteiger partial charge in [0.05, 0.1) is 24.2 Å². The number of rotatable bonds is 10. The van der Waals surface area contributed by atoms with Gasteiger partial charge in [-0.2, -0.15) is 0 Å². The van der Waals surface area contributed by atoms with E-state index in [0.717, 1.165) is 12.2 Å². The average Bonchev–Trinajstić information content (AvgIpc) is 3.13. The number of unbranched alkanes of at least 4 members (excludes halogenated alkanes) is 1. The Hall–Kier alpha value is -2.71. The smallest absolute Gasteiger partial charge is 0.337 e. The maximum absolute atomic E-state index is 13.0. The number of aromatic carboxylic acids is 1. The second-order valence-corrected chi connectivity index (χ2v) is 7.59. The van der Waals surface area contributed by atoms with Gasteiger partial charge in [-0.05, 0) is 31.9 Å². The molecule has 1 aromatic carbocycles. The van der Waals surface area contributed by atoms with E-state index in [1.807, 2.05) is 31.2 Å². The monoisotopic (exact) mass is 416 g/mol. The lowest BCUT2D eigenvalue weighted by atomic mass is 10.2. The largest absolute Gasteiger partial charge is 0.494 e. The summed E-state index contributed by atoms with van der Waals surface area (Å²) < 4.78 is 12.4. The Morgan fingerprint density at radius 1 is 1.21 bits per heavy atom. The molecule has 29 heavy (non-hydrogen) atoms. The van der Waals surface area contributed by atoms with Crippen molar-refractivity contribution in [2.24, 2.45) is 0 Å². The topological polar surface area (TPSA) is 90.7 Å². The predicted molar refractivity (Wildman–Crippen MR) is 112 cm³/mol. The fourth-order valence-corrected chi connectivity index (χ4v) is 3.96. The minimum absolute atomic E-state index is 0.0113. The molecule has 3 aromatic rings. The highest BCUT2D eigenvalue weighted by molar-refractivity contribution is 7.17. The van der Waals surface area contributed by atoms with E-state index in [1.165, 1.54) is 22.3 Å². The van der Waals surface area contributed by atoms with Crippen molar-refractivity contribution in [3.05, 3.63) is 57.0 Å². The van der Waals surface area contributed by atoms with Gasteiger partial charge in [-0.25, -0.2) is 9.78 Å². The molecule has 0 aliphatic heterocycles. The molecule has 0 unspecified atom stereocenters. The number of benzene rings is 1. The first kappa shape index (κ1) is 21.0. The van der Waals surface area contributed by atoms with E-state index in [1.54, 1.807) is 11.7 Å². The molecule has 0 atom stereocenters. The van der Waals surface area contributed by atoms with Crippen LogP contribution in [0.1, 0.15) is 34.6 Å². The standard InChI is InChI=1S/C21H24N2O5S/c1-14-5-7-15(8-6-14)28-11-4-3-10-23-17(9-12-27-2)22-19-18(20(23)24)16(13-29-19)21(25)26/h5-8,13H,3-4,9-12H2,1-2H3,(H,25,26). The second kappa shape index (κ2) is 9.67. The molecule has 0 bridgehead atoms. The normalized spacial score (nSPS) is 11.1. The molecule has 0 saturated carbocycles. The number of hydrogen-bond donors (Lipinski definition) is 1. The number of carboxylic acids is 1. The molecular weight excluding hydrogens is 392 g/mol. The first-order valence-electron chi connectivity index (χ1n) is 9.44. The Kier molecular flexibility index (Phi) is 7.00. The summed E-state index contributed by atoms with van der Waals surface area (Å²) in [5.74, 6) is 0.321. The van der Waals surface area contributed by atoms with Gasteiger partial charge >= 0.3 is 5.97 Å². The zero-order valence-corrected chi connectivity index (χ0v) is 17.3. The predicted octanol–water partition coefficient (Wildman–Crippen LogP) is 3.51. The van der Waals surface area contributed by atoms with E-state index in [4.69, 9.17) is 9.47 Å². The van der Waals surface area contributed by atoms with Crippen molar-refractivity contribution >= 4 is 27.5 Å². The Morgan fingerprint density at radius 3 is 2.66 bits per heavy atom. The van der Waals surface area contributed by atoms with Gasteiger partial charge in [-0.1, -0.05) is 17.7 Å². The van der Waals surface area contributed by atoms with E-state index in [2.05, 4.69) is 4.98 Å². The molecule has 8 heteroatoms. The number of thiophene rings is 1. The summed E-state index contributed by atoms with van der Waals surface area (Å²) in [6, 6.07) is 7.87. The Bertz CT molecular complexity index is 1040. The lowest BCUT2D eigenvalue weighted by Gasteiger charge is -2.13. The quantitative estimate of drug-likeness (QED) is 0.509. The first-order chi connectivity index (χ1) is 14.0. The van der Waals surface area contributed by atoms with E-state index < -0.39 is 5.97 Å². The average molecular weight is 416 g/mol. The molecule has 0 fully saturated rings. The molecule has 3 rings (SSSR count). The van der Waals surface area contributed by atoms with Crippen molar-refractivity contribution < 1.29 is 19.4 Å². The fourth-order valence-electron chi connectivity index (χ4n) is 3.04. The Balaban J connectivity index is 1.72. The van der Waals surface area contributed by atoms with Crippen LogP contribution < -0.4 is 10.3 Å². The van der Waals surface area contributed by atoms with Crippen molar-refractivity contribution in [3.8, 4) is 5.75 Å². The highest BCUT2D eigenvalue weighted by Gasteiger charge is 2.19. The van der Waals surface area contributed by atoms with E-state index in [9.17, 15) is 14.7 Å². The maximum atomic E-state index is 13.0. The lowest BCUT2D eigenvalue weighted by molar-refractivity contribution is 0.0699. The van der Waals surface area contributed by atoms with Gasteiger partial charge in [0.2, 0.25) is 0 Å². The van der Waals surface area contributed by atoms with Crippen LogP contribution in [0.3, 0.4) is 0 Å². The van der Waals surface area contributed by atoms with Crippen LogP contribution in [0.25, 0.3) is 10.2 Å². The number of fused-ring (bicyclic) bond motifs is 1. The molecule has 0 aliphatic carbocycles. The van der Waals surface area contributed by atoms with Gasteiger partial charge < -0.3 is 14.6 Å². The summed E-state index contributed by atoms with van der Waals surface area (Å²) in [7, 11) is 1.59. The summed E-state index contributed by atoms with van der Waals surface area (Å²) in [6.07, 6.45) is 1.96. The second-order valence-electron chi connectivity index (χ2n) is 6.73. The number of carboxylic acid groups (broad SMARTS) is 1. The summed E-state index contributed by atoms with van der Waals surface area (Å²) in [4.78, 5) is 29.5. The third kappa shape index (κ3) is 5.02. The molecule has 2 aromatic heterocycles. The van der Waals surface area contributed by atoms with Gasteiger partial charge in [0.1, 0.15) is 16.4 Å². The van der Waals surface area contributed by atoms with Crippen molar-refractivity contribution in [1.82, 2.24) is 9.55 Å². The summed E-state index contributed by atoms with van der Waals surface area (Å²) in [6.45, 7) is 3.45. The molecule has 0 radical (unpaired) electrons. The van der Waals surface area contributed by atoms with Crippen LogP contribution in [0, 0.1) is 6.92 Å². The lowest BCUT2D eigenvalue weighted by Crippen LogP contribution is -2.27. The van der Waals surface area contributed by atoms with Crippen LogP contribution in [0.4, 0.5) is 0 Å². The zero-order valence-electron chi connectivity index (χ0n) is 16.5. The molecule has 2 heterocycles. The van der Waals surface area contributed by atoms with Crippen LogP contribution in [0.5, 0.6) is 5.75 Å². The van der Waals surface area contributed by atoms with Gasteiger partial charge in [-0.15, -0.1) is 11.3 Å². The molecule has 0 spiro atoms. The minimum Gasteiger partial charge on any atom is -0.494 e. The molecule has 0 aliphatic rings. The summed E-state index contributed by atoms with van der Waals surface area (Å²) >= 11 is 1.18. The van der Waals surface area contributed by atoms with Gasteiger partial charge in [0.25, 0.3) is 5.56 Å². The number of aromatic nitrogens is 2. The summed E-state index contributed by atoms with van der Waals surface area (Å²) in [5.41, 5.74) is 0.883. The maximum Gasteiger partial charge on any atom is 0.337 e. The molecule has 0 amide bonds. The number of aryl methyl sites for hydroxylation is 1. The number of hydrogen-bond acceptors (Lipinski definition) is 6. The van der Waals surface area contributed by atoms with E-state index >= 15 is 0 Å². The minimum atomic E-state index is -1.11. The molecule has 154 valence electrons. The first-order valence-corrected chi connectivity index (χ1v) is 10.3. The van der Waals surface area contributed by atoms with Crippen LogP contribution in [-0.2, 0) is 17.7 Å². The number of nitrogens with zero attached hydrogens (tertiary/aromatic N) is 2. The van der Waals surface area contributed by atoms with Crippen LogP contribution in [0.2, 0.25) is 0 Å². The van der Waals surface area contributed by atoms with Crippen LogP contribution >= 0.6 is 11.3 Å². The molecular formula is C21H24N2O5S. The Morgan fingerprint density at radius 2 is 1.97 bits per heavy atom. The van der Waals surface area contributed by atoms with E-state index in [0.29, 0.717) is 43.3 Å². The molecule has 1 N–H and O–H groups in total. The zero-order chi connectivity index (χ0) is 20.8. The van der Waals surface area contributed by atoms with Gasteiger partial charge in [0.15, 0.2) is 0 Å². The van der Waals surface area contributed by atoms with Crippen molar-refractivity contribution in [1.29, 1.82) is 0 Å². The number of methoxy groups -OCH3 is 1. The molecule has 0 saturated heterocycles. The van der Waals surface area contributed by atoms with Crippen molar-refractivity contribution in [2.45, 2.75) is 32.7 Å². The third-order valence-electron chi connectivity index (χ3n) is 4.60. The van der Waals surface area contributed by atoms with E-state index in [-0.39, 0.29) is 16.5 Å². The Labute approximate surface area is 172 Å². The van der Waals surface area contributed by atoms with Crippen molar-refractivity contribution in [2.75, 3.05) is 20.3 Å². The highest BCUT2D eigenvalue weighted by Crippen LogP contribution is 2.22. The highest BCUT2D eigenvalue weighted by atomic mass is 32.1. The van der Waals surface area contributed by atoms with Gasteiger partial charge in [0, 0.05) is 25.5 Å². The summed E-state index contributed by atoms with van der Waals surface area (Å²) in [5, 5.41) is 11.0. The SMILES string of the molecule is COCCc1nc2scc(C(=O)O)c2c(=O)n1CCCCOc1ccc(C)cc1. The molecule has 7 nitrogen and oxygen atoms in total. The van der Waals surface area contributed by atoms with Crippen LogP contribution in [0.15, 0.2) is 34.4 Å². The number of ether oxygens (including phenoxy) is 2. The van der Waals surface area contributed by atoms with Crippen LogP contribution in [-0.4, -0.2) is 41.0 Å². The third-order valence-corrected chi connectivity index (χ3v) is 5.47. The fraction of sp³-hybridized carbons (Fsp3) is 0.381.